The van der Waals surface area contributed by atoms with Gasteiger partial charge in [0.15, 0.2) is 0 Å². The SMILES string of the molecule is CCOC(=O)c1cc([N+](=O)[O-])cc([N+](=O)[O-])c1N1CCCCC1. The molecule has 0 saturated carbocycles. The van der Waals surface area contributed by atoms with E-state index in [4.69, 9.17) is 4.74 Å². The molecular weight excluding hydrogens is 306 g/mol. The maximum absolute atomic E-state index is 12.2. The molecule has 0 atom stereocenters. The predicted octanol–water partition coefficient (Wildman–Crippen LogP) is 2.67. The molecule has 1 aromatic rings. The third-order valence-electron chi connectivity index (χ3n) is 3.65. The van der Waals surface area contributed by atoms with Crippen molar-refractivity contribution in [1.82, 2.24) is 0 Å². The average molecular weight is 323 g/mol. The number of benzene rings is 1. The number of ether oxygens (including phenoxy) is 1. The summed E-state index contributed by atoms with van der Waals surface area (Å²) >= 11 is 0. The van der Waals surface area contributed by atoms with Crippen LogP contribution in [0.25, 0.3) is 0 Å². The Hall–Kier alpha value is -2.71. The molecule has 0 bridgehead atoms. The van der Waals surface area contributed by atoms with Gasteiger partial charge in [0.25, 0.3) is 11.4 Å². The highest BCUT2D eigenvalue weighted by molar-refractivity contribution is 5.99. The van der Waals surface area contributed by atoms with E-state index in [2.05, 4.69) is 0 Å². The lowest BCUT2D eigenvalue weighted by Crippen LogP contribution is -2.31. The minimum Gasteiger partial charge on any atom is -0.462 e. The van der Waals surface area contributed by atoms with Crippen LogP contribution in [-0.4, -0.2) is 35.5 Å². The highest BCUT2D eigenvalue weighted by atomic mass is 16.6. The first-order valence-corrected chi connectivity index (χ1v) is 7.34. The van der Waals surface area contributed by atoms with Gasteiger partial charge in [-0.1, -0.05) is 0 Å². The molecule has 0 radical (unpaired) electrons. The van der Waals surface area contributed by atoms with Crippen LogP contribution in [0, 0.1) is 20.2 Å². The fourth-order valence-electron chi connectivity index (χ4n) is 2.66. The highest BCUT2D eigenvalue weighted by Gasteiger charge is 2.32. The summed E-state index contributed by atoms with van der Waals surface area (Å²) in [7, 11) is 0. The quantitative estimate of drug-likeness (QED) is 0.464. The number of hydrogen-bond acceptors (Lipinski definition) is 7. The summed E-state index contributed by atoms with van der Waals surface area (Å²) in [5.41, 5.74) is -0.960. The zero-order valence-electron chi connectivity index (χ0n) is 12.7. The summed E-state index contributed by atoms with van der Waals surface area (Å²) < 4.78 is 4.92. The molecule has 9 nitrogen and oxygen atoms in total. The van der Waals surface area contributed by atoms with Crippen LogP contribution in [0.3, 0.4) is 0 Å². The predicted molar refractivity (Wildman–Crippen MR) is 81.8 cm³/mol. The molecule has 0 amide bonds. The first-order chi connectivity index (χ1) is 11.0. The summed E-state index contributed by atoms with van der Waals surface area (Å²) in [5, 5.41) is 22.4. The zero-order valence-corrected chi connectivity index (χ0v) is 12.7. The van der Waals surface area contributed by atoms with Gasteiger partial charge in [0.1, 0.15) is 5.69 Å². The minimum atomic E-state index is -0.792. The van der Waals surface area contributed by atoms with Gasteiger partial charge in [0.05, 0.1) is 28.1 Å². The second-order valence-electron chi connectivity index (χ2n) is 5.14. The van der Waals surface area contributed by atoms with Crippen molar-refractivity contribution in [3.05, 3.63) is 37.9 Å². The Morgan fingerprint density at radius 2 is 1.83 bits per heavy atom. The van der Waals surface area contributed by atoms with E-state index in [0.717, 1.165) is 31.4 Å². The van der Waals surface area contributed by atoms with Gasteiger partial charge in [-0.05, 0) is 26.2 Å². The number of nitro benzene ring substituents is 2. The smallest absolute Gasteiger partial charge is 0.340 e. The van der Waals surface area contributed by atoms with Gasteiger partial charge in [-0.25, -0.2) is 4.79 Å². The maximum Gasteiger partial charge on any atom is 0.340 e. The van der Waals surface area contributed by atoms with Crippen LogP contribution in [0.2, 0.25) is 0 Å². The van der Waals surface area contributed by atoms with Crippen LogP contribution in [0.4, 0.5) is 17.1 Å². The first kappa shape index (κ1) is 16.7. The van der Waals surface area contributed by atoms with Crippen molar-refractivity contribution >= 4 is 23.0 Å². The van der Waals surface area contributed by atoms with Gasteiger partial charge in [-0.15, -0.1) is 0 Å². The molecule has 0 unspecified atom stereocenters. The van der Waals surface area contributed by atoms with Crippen molar-refractivity contribution in [3.63, 3.8) is 0 Å². The number of anilines is 1. The van der Waals surface area contributed by atoms with Crippen LogP contribution in [0.5, 0.6) is 0 Å². The van der Waals surface area contributed by atoms with E-state index < -0.39 is 27.2 Å². The molecule has 1 heterocycles. The van der Waals surface area contributed by atoms with Crippen LogP contribution in [0.15, 0.2) is 12.1 Å². The van der Waals surface area contributed by atoms with E-state index in [-0.39, 0.29) is 17.9 Å². The van der Waals surface area contributed by atoms with Gasteiger partial charge >= 0.3 is 5.97 Å². The molecule has 0 aromatic heterocycles. The number of nitro groups is 2. The summed E-state index contributed by atoms with van der Waals surface area (Å²) in [5.74, 6) is -0.792. The lowest BCUT2D eigenvalue weighted by molar-refractivity contribution is -0.393. The fourth-order valence-corrected chi connectivity index (χ4v) is 2.66. The van der Waals surface area contributed by atoms with Gasteiger partial charge < -0.3 is 9.64 Å². The minimum absolute atomic E-state index is 0.0781. The van der Waals surface area contributed by atoms with Crippen molar-refractivity contribution in [2.45, 2.75) is 26.2 Å². The number of nitrogens with zero attached hydrogens (tertiary/aromatic N) is 3. The van der Waals surface area contributed by atoms with Crippen molar-refractivity contribution < 1.29 is 19.4 Å². The number of non-ortho nitro benzene ring substituents is 1. The molecule has 1 aliphatic rings. The number of carbonyl (C=O) groups excluding carboxylic acids is 1. The molecule has 2 rings (SSSR count). The van der Waals surface area contributed by atoms with E-state index in [1.54, 1.807) is 11.8 Å². The Kier molecular flexibility index (Phi) is 5.09. The second kappa shape index (κ2) is 7.03. The monoisotopic (exact) mass is 323 g/mol. The van der Waals surface area contributed by atoms with Gasteiger partial charge in [-0.3, -0.25) is 20.2 Å². The number of rotatable bonds is 5. The molecule has 1 aromatic carbocycles. The Morgan fingerprint density at radius 1 is 1.17 bits per heavy atom. The molecular formula is C14H17N3O6. The Bertz CT molecular complexity index is 640. The normalized spacial score (nSPS) is 14.4. The van der Waals surface area contributed by atoms with Crippen LogP contribution >= 0.6 is 0 Å². The molecule has 1 aliphatic heterocycles. The van der Waals surface area contributed by atoms with E-state index in [0.29, 0.717) is 13.1 Å². The van der Waals surface area contributed by atoms with Crippen LogP contribution in [-0.2, 0) is 4.74 Å². The van der Waals surface area contributed by atoms with Crippen molar-refractivity contribution in [3.8, 4) is 0 Å². The lowest BCUT2D eigenvalue weighted by atomic mass is 10.0. The molecule has 1 fully saturated rings. The maximum atomic E-state index is 12.2. The molecule has 9 heteroatoms. The summed E-state index contributed by atoms with van der Waals surface area (Å²) in [6.45, 7) is 2.80. The molecule has 1 saturated heterocycles. The molecule has 0 spiro atoms. The number of piperidine rings is 1. The first-order valence-electron chi connectivity index (χ1n) is 7.34. The highest BCUT2D eigenvalue weighted by Crippen LogP contribution is 2.37. The molecule has 0 aliphatic carbocycles. The topological polar surface area (TPSA) is 116 Å². The van der Waals surface area contributed by atoms with E-state index >= 15 is 0 Å². The summed E-state index contributed by atoms with van der Waals surface area (Å²) in [6.07, 6.45) is 2.69. The van der Waals surface area contributed by atoms with Crippen molar-refractivity contribution in [2.24, 2.45) is 0 Å². The Morgan fingerprint density at radius 3 is 2.35 bits per heavy atom. The van der Waals surface area contributed by atoms with E-state index in [9.17, 15) is 25.0 Å². The number of carbonyl (C=O) groups is 1. The van der Waals surface area contributed by atoms with Gasteiger partial charge in [0, 0.05) is 19.2 Å². The number of esters is 1. The fraction of sp³-hybridized carbons (Fsp3) is 0.500. The Balaban J connectivity index is 2.64. The second-order valence-corrected chi connectivity index (χ2v) is 5.14. The molecule has 0 N–H and O–H groups in total. The third-order valence-corrected chi connectivity index (χ3v) is 3.65. The zero-order chi connectivity index (χ0) is 17.0. The lowest BCUT2D eigenvalue weighted by Gasteiger charge is -2.29. The summed E-state index contributed by atoms with van der Waals surface area (Å²) in [4.78, 5) is 34.8. The number of hydrogen-bond donors (Lipinski definition) is 0. The standard InChI is InChI=1S/C14H17N3O6/c1-2-23-14(18)11-8-10(16(19)20)9-12(17(21)22)13(11)15-6-4-3-5-7-15/h8-9H,2-7H2,1H3. The van der Waals surface area contributed by atoms with Crippen molar-refractivity contribution in [1.29, 1.82) is 0 Å². The van der Waals surface area contributed by atoms with E-state index in [1.165, 1.54) is 0 Å². The van der Waals surface area contributed by atoms with Gasteiger partial charge in [0.2, 0.25) is 0 Å². The average Bonchev–Trinajstić information content (AvgIpc) is 2.54. The van der Waals surface area contributed by atoms with Crippen LogP contribution in [0.1, 0.15) is 36.5 Å². The molecule has 23 heavy (non-hydrogen) atoms. The molecule has 124 valence electrons. The third kappa shape index (κ3) is 3.55. The van der Waals surface area contributed by atoms with Crippen LogP contribution < -0.4 is 4.90 Å². The Labute approximate surface area is 132 Å². The van der Waals surface area contributed by atoms with E-state index in [1.807, 2.05) is 0 Å². The van der Waals surface area contributed by atoms with Crippen molar-refractivity contribution in [2.75, 3.05) is 24.6 Å². The largest absolute Gasteiger partial charge is 0.462 e. The summed E-state index contributed by atoms with van der Waals surface area (Å²) in [6, 6.07) is 1.95. The van der Waals surface area contributed by atoms with Gasteiger partial charge in [-0.2, -0.15) is 0 Å².